The zero-order valence-electron chi connectivity index (χ0n) is 28.2. The number of carbonyl (C=O) groups excluding carboxylic acids is 1. The van der Waals surface area contributed by atoms with E-state index in [1.54, 1.807) is 0 Å². The summed E-state index contributed by atoms with van der Waals surface area (Å²) in [5.41, 5.74) is 12.0. The molecule has 0 atom stereocenters. The lowest BCUT2D eigenvalue weighted by Gasteiger charge is -2.32. The van der Waals surface area contributed by atoms with Gasteiger partial charge in [-0.25, -0.2) is 0 Å². The SMILES string of the molecule is CC(C)(C)c1cc(C(=O)c2ccccc2)cc(N(c2ccc(-c3ccccc3)cc2)c2c(-c3ccccc3)cccc2-c2ccccc2)c1. The zero-order chi connectivity index (χ0) is 33.8. The first-order valence-corrected chi connectivity index (χ1v) is 16.8. The van der Waals surface area contributed by atoms with E-state index in [2.05, 4.69) is 171 Å². The summed E-state index contributed by atoms with van der Waals surface area (Å²) in [6.45, 7) is 6.61. The third-order valence-electron chi connectivity index (χ3n) is 9.00. The van der Waals surface area contributed by atoms with Crippen LogP contribution in [0.5, 0.6) is 0 Å². The number of hydrogen-bond donors (Lipinski definition) is 0. The van der Waals surface area contributed by atoms with Crippen LogP contribution in [-0.4, -0.2) is 5.78 Å². The Hall–Kier alpha value is -5.99. The molecule has 0 heterocycles. The highest BCUT2D eigenvalue weighted by atomic mass is 16.1. The average Bonchev–Trinajstić information content (AvgIpc) is 3.16. The van der Waals surface area contributed by atoms with Crippen molar-refractivity contribution < 1.29 is 4.79 Å². The van der Waals surface area contributed by atoms with Crippen LogP contribution in [0.3, 0.4) is 0 Å². The molecule has 2 heteroatoms. The molecule has 0 saturated heterocycles. The molecule has 0 aliphatic carbocycles. The molecule has 0 saturated carbocycles. The van der Waals surface area contributed by atoms with E-state index < -0.39 is 0 Å². The second-order valence-electron chi connectivity index (χ2n) is 13.4. The van der Waals surface area contributed by atoms with Gasteiger partial charge in [0.15, 0.2) is 5.78 Å². The van der Waals surface area contributed by atoms with Gasteiger partial charge in [-0.15, -0.1) is 0 Å². The highest BCUT2D eigenvalue weighted by Gasteiger charge is 2.25. The summed E-state index contributed by atoms with van der Waals surface area (Å²) in [5, 5.41) is 0. The topological polar surface area (TPSA) is 20.3 Å². The average molecular weight is 634 g/mol. The molecule has 0 radical (unpaired) electrons. The van der Waals surface area contributed by atoms with Gasteiger partial charge in [-0.05, 0) is 63.6 Å². The summed E-state index contributed by atoms with van der Waals surface area (Å²) in [6, 6.07) is 62.9. The molecule has 0 aliphatic rings. The number of rotatable bonds is 8. The number of anilines is 3. The van der Waals surface area contributed by atoms with Gasteiger partial charge in [0.2, 0.25) is 0 Å². The lowest BCUT2D eigenvalue weighted by Crippen LogP contribution is -2.17. The molecular formula is C47H39NO. The molecule has 0 N–H and O–H groups in total. The molecule has 7 aromatic carbocycles. The molecule has 49 heavy (non-hydrogen) atoms. The van der Waals surface area contributed by atoms with E-state index in [9.17, 15) is 4.79 Å². The Labute approximate surface area is 290 Å². The van der Waals surface area contributed by atoms with Gasteiger partial charge in [-0.1, -0.05) is 172 Å². The highest BCUT2D eigenvalue weighted by molar-refractivity contribution is 6.10. The summed E-state index contributed by atoms with van der Waals surface area (Å²) in [4.78, 5) is 16.5. The van der Waals surface area contributed by atoms with Crippen molar-refractivity contribution in [2.24, 2.45) is 0 Å². The Morgan fingerprint density at radius 3 is 1.41 bits per heavy atom. The van der Waals surface area contributed by atoms with E-state index in [-0.39, 0.29) is 11.2 Å². The minimum atomic E-state index is -0.203. The first-order valence-electron chi connectivity index (χ1n) is 16.8. The minimum Gasteiger partial charge on any atom is -0.309 e. The van der Waals surface area contributed by atoms with Crippen molar-refractivity contribution in [3.8, 4) is 33.4 Å². The van der Waals surface area contributed by atoms with E-state index in [4.69, 9.17) is 0 Å². The smallest absolute Gasteiger partial charge is 0.193 e. The third kappa shape index (κ3) is 6.72. The molecule has 2 nitrogen and oxygen atoms in total. The summed E-state index contributed by atoms with van der Waals surface area (Å²) >= 11 is 0. The quantitative estimate of drug-likeness (QED) is 0.155. The maximum Gasteiger partial charge on any atom is 0.193 e. The number of benzene rings is 7. The van der Waals surface area contributed by atoms with Crippen LogP contribution in [0.1, 0.15) is 42.3 Å². The van der Waals surface area contributed by atoms with Crippen molar-refractivity contribution in [3.63, 3.8) is 0 Å². The van der Waals surface area contributed by atoms with Crippen LogP contribution in [0, 0.1) is 0 Å². The predicted molar refractivity (Wildman–Crippen MR) is 206 cm³/mol. The van der Waals surface area contributed by atoms with E-state index in [0.29, 0.717) is 11.1 Å². The summed E-state index contributed by atoms with van der Waals surface area (Å²) < 4.78 is 0. The Bertz CT molecular complexity index is 2120. The summed E-state index contributed by atoms with van der Waals surface area (Å²) in [6.07, 6.45) is 0. The van der Waals surface area contributed by atoms with Crippen LogP contribution in [-0.2, 0) is 5.41 Å². The Balaban J connectivity index is 1.53. The molecule has 238 valence electrons. The molecule has 0 bridgehead atoms. The molecule has 0 fully saturated rings. The van der Waals surface area contributed by atoms with Gasteiger partial charge in [-0.2, -0.15) is 0 Å². The fourth-order valence-electron chi connectivity index (χ4n) is 6.39. The van der Waals surface area contributed by atoms with Gasteiger partial charge >= 0.3 is 0 Å². The van der Waals surface area contributed by atoms with E-state index >= 15 is 0 Å². The fraction of sp³-hybridized carbons (Fsp3) is 0.0851. The third-order valence-corrected chi connectivity index (χ3v) is 9.00. The number of carbonyl (C=O) groups is 1. The lowest BCUT2D eigenvalue weighted by molar-refractivity contribution is 0.103. The van der Waals surface area contributed by atoms with Crippen LogP contribution in [0.25, 0.3) is 33.4 Å². The fourth-order valence-corrected chi connectivity index (χ4v) is 6.39. The van der Waals surface area contributed by atoms with Crippen molar-refractivity contribution in [3.05, 3.63) is 199 Å². The summed E-state index contributed by atoms with van der Waals surface area (Å²) in [5.74, 6) is 0.00644. The minimum absolute atomic E-state index is 0.00644. The Morgan fingerprint density at radius 1 is 0.429 bits per heavy atom. The molecule has 0 unspecified atom stereocenters. The molecule has 7 aromatic rings. The zero-order valence-corrected chi connectivity index (χ0v) is 28.2. The van der Waals surface area contributed by atoms with Crippen LogP contribution >= 0.6 is 0 Å². The van der Waals surface area contributed by atoms with Crippen LogP contribution < -0.4 is 4.90 Å². The van der Waals surface area contributed by atoms with Gasteiger partial charge < -0.3 is 4.90 Å². The van der Waals surface area contributed by atoms with E-state index in [1.807, 2.05) is 36.4 Å². The molecule has 0 aromatic heterocycles. The second kappa shape index (κ2) is 13.6. The highest BCUT2D eigenvalue weighted by Crippen LogP contribution is 2.47. The van der Waals surface area contributed by atoms with Crippen molar-refractivity contribution in [1.29, 1.82) is 0 Å². The van der Waals surface area contributed by atoms with Crippen molar-refractivity contribution >= 4 is 22.8 Å². The maximum absolute atomic E-state index is 14.1. The predicted octanol–water partition coefficient (Wildman–Crippen LogP) is 12.7. The normalized spacial score (nSPS) is 11.2. The number of nitrogens with zero attached hydrogens (tertiary/aromatic N) is 1. The lowest BCUT2D eigenvalue weighted by atomic mass is 9.84. The molecule has 0 amide bonds. The second-order valence-corrected chi connectivity index (χ2v) is 13.4. The van der Waals surface area contributed by atoms with Crippen LogP contribution in [0.4, 0.5) is 17.1 Å². The molecule has 7 rings (SSSR count). The first-order chi connectivity index (χ1) is 23.9. The first kappa shape index (κ1) is 31.6. The Morgan fingerprint density at radius 2 is 0.898 bits per heavy atom. The van der Waals surface area contributed by atoms with Gasteiger partial charge in [-0.3, -0.25) is 4.79 Å². The van der Waals surface area contributed by atoms with Crippen molar-refractivity contribution in [1.82, 2.24) is 0 Å². The van der Waals surface area contributed by atoms with E-state index in [0.717, 1.165) is 50.4 Å². The monoisotopic (exact) mass is 633 g/mol. The maximum atomic E-state index is 14.1. The largest absolute Gasteiger partial charge is 0.309 e. The Kier molecular flexibility index (Phi) is 8.79. The van der Waals surface area contributed by atoms with E-state index in [1.165, 1.54) is 5.56 Å². The molecular weight excluding hydrogens is 595 g/mol. The van der Waals surface area contributed by atoms with Gasteiger partial charge in [0, 0.05) is 33.6 Å². The number of ketones is 1. The van der Waals surface area contributed by atoms with Gasteiger partial charge in [0.25, 0.3) is 0 Å². The number of hydrogen-bond acceptors (Lipinski definition) is 2. The van der Waals surface area contributed by atoms with Crippen LogP contribution in [0.15, 0.2) is 182 Å². The van der Waals surface area contributed by atoms with Gasteiger partial charge in [0.1, 0.15) is 0 Å². The molecule has 0 aliphatic heterocycles. The summed E-state index contributed by atoms with van der Waals surface area (Å²) in [7, 11) is 0. The number of para-hydroxylation sites is 1. The molecule has 0 spiro atoms. The standard InChI is InChI=1S/C47H39NO/c1-47(2,3)40-31-39(46(49)38-23-14-7-15-24-38)32-42(33-40)48(41-29-27-35(28-30-41)34-17-8-4-9-18-34)45-43(36-19-10-5-11-20-36)25-16-26-44(45)37-21-12-6-13-22-37/h4-33H,1-3H3. The van der Waals surface area contributed by atoms with Crippen molar-refractivity contribution in [2.45, 2.75) is 26.2 Å². The van der Waals surface area contributed by atoms with Gasteiger partial charge in [0.05, 0.1) is 5.69 Å². The van der Waals surface area contributed by atoms with Crippen LogP contribution in [0.2, 0.25) is 0 Å². The van der Waals surface area contributed by atoms with Crippen molar-refractivity contribution in [2.75, 3.05) is 4.90 Å².